The third-order valence-corrected chi connectivity index (χ3v) is 3.04. The van der Waals surface area contributed by atoms with Crippen molar-refractivity contribution in [3.05, 3.63) is 0 Å². The van der Waals surface area contributed by atoms with Crippen LogP contribution in [-0.4, -0.2) is 19.0 Å². The molecule has 1 unspecified atom stereocenters. The molecule has 0 aliphatic heterocycles. The molecule has 1 aliphatic carbocycles. The smallest absolute Gasteiger partial charge is 0.223 e. The van der Waals surface area contributed by atoms with Crippen LogP contribution in [0, 0.1) is 17.3 Å². The third kappa shape index (κ3) is 3.29. The van der Waals surface area contributed by atoms with Gasteiger partial charge >= 0.3 is 0 Å². The van der Waals surface area contributed by atoms with Crippen LogP contribution in [-0.2, 0) is 4.79 Å². The van der Waals surface area contributed by atoms with Gasteiger partial charge in [-0.2, -0.15) is 0 Å². The van der Waals surface area contributed by atoms with E-state index in [2.05, 4.69) is 19.2 Å². The lowest BCUT2D eigenvalue weighted by Crippen LogP contribution is -2.40. The summed E-state index contributed by atoms with van der Waals surface area (Å²) < 4.78 is 0. The van der Waals surface area contributed by atoms with E-state index in [-0.39, 0.29) is 17.2 Å². The van der Waals surface area contributed by atoms with Gasteiger partial charge in [0.15, 0.2) is 0 Å². The summed E-state index contributed by atoms with van der Waals surface area (Å²) in [6.07, 6.45) is 2.43. The maximum Gasteiger partial charge on any atom is 0.223 e. The van der Waals surface area contributed by atoms with Crippen molar-refractivity contribution in [1.29, 1.82) is 0 Å². The van der Waals surface area contributed by atoms with Crippen LogP contribution in [0.5, 0.6) is 0 Å². The van der Waals surface area contributed by atoms with Gasteiger partial charge in [-0.3, -0.25) is 4.79 Å². The first-order valence-corrected chi connectivity index (χ1v) is 5.44. The summed E-state index contributed by atoms with van der Waals surface area (Å²) in [6, 6.07) is 0. The van der Waals surface area contributed by atoms with Gasteiger partial charge in [0.2, 0.25) is 5.91 Å². The number of amides is 1. The molecule has 1 atom stereocenters. The van der Waals surface area contributed by atoms with Gasteiger partial charge < -0.3 is 11.1 Å². The monoisotopic (exact) mass is 198 g/mol. The Bertz CT molecular complexity index is 209. The fourth-order valence-electron chi connectivity index (χ4n) is 1.37. The van der Waals surface area contributed by atoms with Crippen LogP contribution in [0.25, 0.3) is 0 Å². The lowest BCUT2D eigenvalue weighted by Gasteiger charge is -2.23. The first-order valence-electron chi connectivity index (χ1n) is 5.44. The van der Waals surface area contributed by atoms with Gasteiger partial charge in [-0.25, -0.2) is 0 Å². The molecule has 1 rings (SSSR count). The van der Waals surface area contributed by atoms with Crippen molar-refractivity contribution in [3.63, 3.8) is 0 Å². The van der Waals surface area contributed by atoms with Gasteiger partial charge in [-0.05, 0) is 30.7 Å². The van der Waals surface area contributed by atoms with Gasteiger partial charge in [0.1, 0.15) is 0 Å². The summed E-state index contributed by atoms with van der Waals surface area (Å²) in [7, 11) is 0. The Morgan fingerprint density at radius 3 is 2.57 bits per heavy atom. The molecule has 0 spiro atoms. The number of hydrogen-bond acceptors (Lipinski definition) is 2. The van der Waals surface area contributed by atoms with Gasteiger partial charge in [0.05, 0.1) is 0 Å². The van der Waals surface area contributed by atoms with E-state index in [0.717, 1.165) is 0 Å². The average Bonchev–Trinajstić information content (AvgIpc) is 2.96. The van der Waals surface area contributed by atoms with E-state index in [1.807, 2.05) is 6.92 Å². The SMILES string of the molecule is CC(C(=O)NCC(C)(C)CN)C1CC1. The van der Waals surface area contributed by atoms with Crippen LogP contribution >= 0.6 is 0 Å². The van der Waals surface area contributed by atoms with Crippen molar-refractivity contribution in [3.8, 4) is 0 Å². The minimum absolute atomic E-state index is 0.0128. The van der Waals surface area contributed by atoms with E-state index in [1.54, 1.807) is 0 Å². The molecular weight excluding hydrogens is 176 g/mol. The van der Waals surface area contributed by atoms with Crippen molar-refractivity contribution in [2.75, 3.05) is 13.1 Å². The van der Waals surface area contributed by atoms with Gasteiger partial charge in [-0.15, -0.1) is 0 Å². The molecule has 0 radical (unpaired) electrons. The normalized spacial score (nSPS) is 19.1. The number of carbonyl (C=O) groups is 1. The fraction of sp³-hybridized carbons (Fsp3) is 0.909. The molecule has 14 heavy (non-hydrogen) atoms. The zero-order valence-corrected chi connectivity index (χ0v) is 9.47. The Balaban J connectivity index is 2.26. The Morgan fingerprint density at radius 2 is 2.14 bits per heavy atom. The van der Waals surface area contributed by atoms with Crippen molar-refractivity contribution in [2.24, 2.45) is 23.0 Å². The Morgan fingerprint density at radius 1 is 1.57 bits per heavy atom. The standard InChI is InChI=1S/C11H22N2O/c1-8(9-4-5-9)10(14)13-7-11(2,3)6-12/h8-9H,4-7,12H2,1-3H3,(H,13,14). The first kappa shape index (κ1) is 11.5. The second-order valence-corrected chi connectivity index (χ2v) is 5.21. The minimum Gasteiger partial charge on any atom is -0.355 e. The van der Waals surface area contributed by atoms with Crippen LogP contribution in [0.2, 0.25) is 0 Å². The van der Waals surface area contributed by atoms with Crippen LogP contribution in [0.3, 0.4) is 0 Å². The minimum atomic E-state index is 0.0128. The highest BCUT2D eigenvalue weighted by atomic mass is 16.1. The molecule has 0 heterocycles. The summed E-state index contributed by atoms with van der Waals surface area (Å²) >= 11 is 0. The molecule has 0 bridgehead atoms. The molecule has 0 aromatic carbocycles. The Kier molecular flexibility index (Phi) is 3.53. The van der Waals surface area contributed by atoms with Gasteiger partial charge in [-0.1, -0.05) is 20.8 Å². The quantitative estimate of drug-likeness (QED) is 0.696. The summed E-state index contributed by atoms with van der Waals surface area (Å²) in [4.78, 5) is 11.6. The van der Waals surface area contributed by atoms with Gasteiger partial charge in [0.25, 0.3) is 0 Å². The highest BCUT2D eigenvalue weighted by molar-refractivity contribution is 5.78. The number of nitrogens with one attached hydrogen (secondary N) is 1. The Labute approximate surface area is 86.4 Å². The highest BCUT2D eigenvalue weighted by Crippen LogP contribution is 2.36. The van der Waals surface area contributed by atoms with E-state index in [1.165, 1.54) is 12.8 Å². The molecule has 0 aromatic rings. The number of rotatable bonds is 5. The number of carbonyl (C=O) groups excluding carboxylic acids is 1. The van der Waals surface area contributed by atoms with E-state index in [4.69, 9.17) is 5.73 Å². The summed E-state index contributed by atoms with van der Waals surface area (Å²) in [5, 5.41) is 2.98. The van der Waals surface area contributed by atoms with E-state index in [9.17, 15) is 4.79 Å². The average molecular weight is 198 g/mol. The van der Waals surface area contributed by atoms with E-state index in [0.29, 0.717) is 19.0 Å². The zero-order valence-electron chi connectivity index (χ0n) is 9.47. The van der Waals surface area contributed by atoms with Crippen molar-refractivity contribution in [2.45, 2.75) is 33.6 Å². The van der Waals surface area contributed by atoms with Crippen molar-refractivity contribution in [1.82, 2.24) is 5.32 Å². The predicted octanol–water partition coefficient (Wildman–Crippen LogP) is 1.13. The molecule has 82 valence electrons. The maximum absolute atomic E-state index is 11.6. The van der Waals surface area contributed by atoms with Gasteiger partial charge in [0, 0.05) is 12.5 Å². The topological polar surface area (TPSA) is 55.1 Å². The molecule has 1 saturated carbocycles. The number of nitrogens with two attached hydrogens (primary N) is 1. The lowest BCUT2D eigenvalue weighted by molar-refractivity contribution is -0.125. The Hall–Kier alpha value is -0.570. The van der Waals surface area contributed by atoms with E-state index >= 15 is 0 Å². The molecule has 3 heteroatoms. The third-order valence-electron chi connectivity index (χ3n) is 3.04. The van der Waals surface area contributed by atoms with Crippen LogP contribution < -0.4 is 11.1 Å². The molecular formula is C11H22N2O. The predicted molar refractivity (Wildman–Crippen MR) is 57.7 cm³/mol. The summed E-state index contributed by atoms with van der Waals surface area (Å²) in [5.74, 6) is 1.01. The lowest BCUT2D eigenvalue weighted by atomic mass is 9.93. The number of hydrogen-bond donors (Lipinski definition) is 2. The van der Waals surface area contributed by atoms with Crippen LogP contribution in [0.1, 0.15) is 33.6 Å². The molecule has 1 fully saturated rings. The first-order chi connectivity index (χ1) is 6.46. The molecule has 0 aromatic heterocycles. The van der Waals surface area contributed by atoms with E-state index < -0.39 is 0 Å². The second-order valence-electron chi connectivity index (χ2n) is 5.21. The molecule has 3 N–H and O–H groups in total. The van der Waals surface area contributed by atoms with Crippen LogP contribution in [0.4, 0.5) is 0 Å². The fourth-order valence-corrected chi connectivity index (χ4v) is 1.37. The maximum atomic E-state index is 11.6. The highest BCUT2D eigenvalue weighted by Gasteiger charge is 2.32. The second kappa shape index (κ2) is 4.30. The van der Waals surface area contributed by atoms with Crippen molar-refractivity contribution >= 4 is 5.91 Å². The summed E-state index contributed by atoms with van der Waals surface area (Å²) in [6.45, 7) is 7.43. The zero-order chi connectivity index (χ0) is 10.8. The molecule has 1 aliphatic rings. The van der Waals surface area contributed by atoms with Crippen molar-refractivity contribution < 1.29 is 4.79 Å². The van der Waals surface area contributed by atoms with Crippen LogP contribution in [0.15, 0.2) is 0 Å². The summed E-state index contributed by atoms with van der Waals surface area (Å²) in [5.41, 5.74) is 5.60. The molecule has 1 amide bonds. The molecule has 0 saturated heterocycles. The molecule has 3 nitrogen and oxygen atoms in total. The largest absolute Gasteiger partial charge is 0.355 e.